The smallest absolute Gasteiger partial charge is 0.306 e. The van der Waals surface area contributed by atoms with Crippen molar-refractivity contribution in [2.24, 2.45) is 0 Å². The Kier molecular flexibility index (Phi) is 46.3. The van der Waals surface area contributed by atoms with E-state index in [0.29, 0.717) is 12.8 Å². The Morgan fingerprint density at radius 2 is 0.721 bits per heavy atom. The first-order chi connectivity index (χ1) is 33.5. The second-order valence-electron chi connectivity index (χ2n) is 20.0. The fourth-order valence-electron chi connectivity index (χ4n) is 9.06. The summed E-state index contributed by atoms with van der Waals surface area (Å²) in [6.07, 6.45) is 56.9. The molecule has 396 valence electrons. The third-order valence-corrected chi connectivity index (χ3v) is 13.5. The van der Waals surface area contributed by atoms with Crippen molar-refractivity contribution < 1.29 is 38.4 Å². The molecule has 8 heteroatoms. The van der Waals surface area contributed by atoms with E-state index in [1.807, 2.05) is 0 Å². The van der Waals surface area contributed by atoms with Crippen LogP contribution in [0.15, 0.2) is 36.5 Å². The Morgan fingerprint density at radius 1 is 0.426 bits per heavy atom. The molecule has 1 saturated heterocycles. The van der Waals surface area contributed by atoms with Gasteiger partial charge in [0.05, 0.1) is 13.2 Å². The Hall–Kier alpha value is -2.45. The molecule has 4 atom stereocenters. The number of ether oxygens (including phenoxy) is 4. The molecular weight excluding hydrogens is 849 g/mol. The number of hydrogen-bond acceptors (Lipinski definition) is 8. The third kappa shape index (κ3) is 39.3. The first-order valence-electron chi connectivity index (χ1n) is 29.2. The zero-order valence-corrected chi connectivity index (χ0v) is 44.7. The van der Waals surface area contributed by atoms with Gasteiger partial charge in [0.15, 0.2) is 18.3 Å². The van der Waals surface area contributed by atoms with Crippen LogP contribution in [0.3, 0.4) is 0 Å². The zero-order valence-electron chi connectivity index (χ0n) is 44.7. The van der Waals surface area contributed by atoms with Crippen LogP contribution >= 0.6 is 0 Å². The lowest BCUT2D eigenvalue weighted by molar-refractivity contribution is -0.175. The molecule has 0 bridgehead atoms. The fourth-order valence-corrected chi connectivity index (χ4v) is 9.06. The third-order valence-electron chi connectivity index (χ3n) is 13.5. The Labute approximate surface area is 419 Å². The maximum atomic E-state index is 13.2. The SMILES string of the molecule is CCCCCCCC/C=C/CCCCCCCC(=O)O[C@H]1[C@@H]([C@@H](CO)OC(=O)CCCCCCC/C=C/CCCCCCCC)OC[C@@H]1OC(=O)CCCCCCC/C=C/CCCCCCCC. The van der Waals surface area contributed by atoms with Crippen LogP contribution in [0.4, 0.5) is 0 Å². The van der Waals surface area contributed by atoms with Crippen molar-refractivity contribution in [3.63, 3.8) is 0 Å². The van der Waals surface area contributed by atoms with Gasteiger partial charge >= 0.3 is 17.9 Å². The van der Waals surface area contributed by atoms with Gasteiger partial charge in [-0.3, -0.25) is 14.4 Å². The molecule has 1 fully saturated rings. The number of rotatable bonds is 50. The zero-order chi connectivity index (χ0) is 49.2. The van der Waals surface area contributed by atoms with Gasteiger partial charge in [0, 0.05) is 19.3 Å². The molecule has 8 nitrogen and oxygen atoms in total. The van der Waals surface area contributed by atoms with Crippen LogP contribution in [0.1, 0.15) is 290 Å². The van der Waals surface area contributed by atoms with E-state index in [-0.39, 0.29) is 31.8 Å². The largest absolute Gasteiger partial charge is 0.457 e. The average Bonchev–Trinajstić information content (AvgIpc) is 3.72. The van der Waals surface area contributed by atoms with Crippen molar-refractivity contribution in [2.75, 3.05) is 13.2 Å². The molecule has 0 aromatic carbocycles. The summed E-state index contributed by atoms with van der Waals surface area (Å²) in [5, 5.41) is 10.4. The minimum atomic E-state index is -1.03. The van der Waals surface area contributed by atoms with Gasteiger partial charge in [-0.25, -0.2) is 0 Å². The predicted molar refractivity (Wildman–Crippen MR) is 285 cm³/mol. The lowest BCUT2D eigenvalue weighted by Crippen LogP contribution is -2.46. The molecule has 0 amide bonds. The topological polar surface area (TPSA) is 108 Å². The number of carbonyl (C=O) groups is 3. The van der Waals surface area contributed by atoms with Crippen molar-refractivity contribution in [1.29, 1.82) is 0 Å². The van der Waals surface area contributed by atoms with E-state index in [0.717, 1.165) is 103 Å². The lowest BCUT2D eigenvalue weighted by Gasteiger charge is -2.28. The lowest BCUT2D eigenvalue weighted by atomic mass is 10.1. The summed E-state index contributed by atoms with van der Waals surface area (Å²) in [7, 11) is 0. The number of carbonyl (C=O) groups excluding carboxylic acids is 3. The number of aliphatic hydroxyl groups excluding tert-OH is 1. The summed E-state index contributed by atoms with van der Waals surface area (Å²) in [6.45, 7) is 6.30. The number of allylic oxidation sites excluding steroid dienone is 6. The van der Waals surface area contributed by atoms with E-state index < -0.39 is 43.0 Å². The molecule has 0 aliphatic carbocycles. The Balaban J connectivity index is 2.51. The van der Waals surface area contributed by atoms with Crippen molar-refractivity contribution in [2.45, 2.75) is 315 Å². The molecule has 1 N–H and O–H groups in total. The van der Waals surface area contributed by atoms with E-state index in [1.165, 1.54) is 135 Å². The average molecular weight is 958 g/mol. The van der Waals surface area contributed by atoms with Gasteiger partial charge in [0.1, 0.15) is 6.10 Å². The van der Waals surface area contributed by atoms with Crippen molar-refractivity contribution >= 4 is 17.9 Å². The van der Waals surface area contributed by atoms with Gasteiger partial charge < -0.3 is 24.1 Å². The summed E-state index contributed by atoms with van der Waals surface area (Å²) >= 11 is 0. The van der Waals surface area contributed by atoms with Crippen LogP contribution in [-0.2, 0) is 33.3 Å². The quantitative estimate of drug-likeness (QED) is 0.0278. The van der Waals surface area contributed by atoms with Crippen LogP contribution in [0.5, 0.6) is 0 Å². The number of esters is 3. The minimum Gasteiger partial charge on any atom is -0.457 e. The van der Waals surface area contributed by atoms with Crippen molar-refractivity contribution in [3.8, 4) is 0 Å². The van der Waals surface area contributed by atoms with E-state index in [9.17, 15) is 19.5 Å². The molecule has 1 heterocycles. The molecule has 1 aliphatic rings. The molecule has 0 aromatic heterocycles. The highest BCUT2D eigenvalue weighted by Gasteiger charge is 2.47. The second-order valence-corrected chi connectivity index (χ2v) is 20.0. The highest BCUT2D eigenvalue weighted by Crippen LogP contribution is 2.27. The number of hydrogen-bond donors (Lipinski definition) is 1. The Morgan fingerprint density at radius 3 is 1.06 bits per heavy atom. The standard InChI is InChI=1S/C60H108O8/c1-4-7-10-13-16-19-22-25-28-31-34-37-40-43-46-49-56(62)66-54(52-61)59-60(68-58(64)51-48-45-42-39-36-33-30-27-24-21-18-15-12-9-6-3)55(53-65-59)67-57(63)50-47-44-41-38-35-32-29-26-23-20-17-14-11-8-5-2/h25-30,54-55,59-61H,4-24,31-53H2,1-3H3/b28-25+,29-26+,30-27+/t54-,55+,59-,60-/m1/s1. The first-order valence-corrected chi connectivity index (χ1v) is 29.2. The first kappa shape index (κ1) is 63.6. The normalized spacial score (nSPS) is 16.7. The molecule has 0 radical (unpaired) electrons. The van der Waals surface area contributed by atoms with Crippen LogP contribution in [0.2, 0.25) is 0 Å². The van der Waals surface area contributed by atoms with E-state index in [1.54, 1.807) is 0 Å². The van der Waals surface area contributed by atoms with Crippen LogP contribution in [0, 0.1) is 0 Å². The molecule has 68 heavy (non-hydrogen) atoms. The molecule has 0 aromatic rings. The van der Waals surface area contributed by atoms with Gasteiger partial charge in [0.25, 0.3) is 0 Å². The molecule has 0 spiro atoms. The van der Waals surface area contributed by atoms with Gasteiger partial charge in [-0.15, -0.1) is 0 Å². The summed E-state index contributed by atoms with van der Waals surface area (Å²) in [6, 6.07) is 0. The van der Waals surface area contributed by atoms with Gasteiger partial charge in [-0.1, -0.05) is 211 Å². The maximum Gasteiger partial charge on any atom is 0.306 e. The summed E-state index contributed by atoms with van der Waals surface area (Å²) < 4.78 is 23.6. The van der Waals surface area contributed by atoms with E-state index >= 15 is 0 Å². The highest BCUT2D eigenvalue weighted by atomic mass is 16.6. The van der Waals surface area contributed by atoms with Gasteiger partial charge in [-0.2, -0.15) is 0 Å². The molecule has 1 aliphatic heterocycles. The van der Waals surface area contributed by atoms with E-state index in [2.05, 4.69) is 57.2 Å². The monoisotopic (exact) mass is 957 g/mol. The number of unbranched alkanes of at least 4 members (excludes halogenated alkanes) is 33. The van der Waals surface area contributed by atoms with Gasteiger partial charge in [0.2, 0.25) is 0 Å². The summed E-state index contributed by atoms with van der Waals surface area (Å²) in [4.78, 5) is 39.3. The predicted octanol–water partition coefficient (Wildman–Crippen LogP) is 17.2. The summed E-state index contributed by atoms with van der Waals surface area (Å²) in [5.41, 5.74) is 0. The van der Waals surface area contributed by atoms with Crippen molar-refractivity contribution in [1.82, 2.24) is 0 Å². The maximum absolute atomic E-state index is 13.2. The van der Waals surface area contributed by atoms with Crippen LogP contribution in [-0.4, -0.2) is 60.6 Å². The van der Waals surface area contributed by atoms with Crippen LogP contribution in [0.25, 0.3) is 0 Å². The molecule has 0 unspecified atom stereocenters. The Bertz CT molecular complexity index is 1230. The highest BCUT2D eigenvalue weighted by molar-refractivity contribution is 5.71. The van der Waals surface area contributed by atoms with Gasteiger partial charge in [-0.05, 0) is 96.3 Å². The fraction of sp³-hybridized carbons (Fsp3) is 0.850. The van der Waals surface area contributed by atoms with Crippen molar-refractivity contribution in [3.05, 3.63) is 36.5 Å². The molecule has 1 rings (SSSR count). The van der Waals surface area contributed by atoms with Crippen LogP contribution < -0.4 is 0 Å². The molecular formula is C60H108O8. The summed E-state index contributed by atoms with van der Waals surface area (Å²) in [5.74, 6) is -1.15. The van der Waals surface area contributed by atoms with E-state index in [4.69, 9.17) is 18.9 Å². The second kappa shape index (κ2) is 49.5. The minimum absolute atomic E-state index is 0.0103. The molecule has 0 saturated carbocycles. The number of aliphatic hydroxyl groups is 1.